The maximum Gasteiger partial charge on any atom is 0.410 e. The molecular weight excluding hydrogens is 186 g/mol. The number of nitrogens with zero attached hydrogens (tertiary/aromatic N) is 1. The van der Waals surface area contributed by atoms with Crippen molar-refractivity contribution in [3.8, 4) is 0 Å². The molecular formula is C9H13NO4. The first-order valence-corrected chi connectivity index (χ1v) is 4.32. The highest BCUT2D eigenvalue weighted by Gasteiger charge is 2.20. The molecule has 1 aliphatic rings. The van der Waals surface area contributed by atoms with Crippen LogP contribution < -0.4 is 0 Å². The van der Waals surface area contributed by atoms with Gasteiger partial charge in [0, 0.05) is 12.1 Å². The van der Waals surface area contributed by atoms with Gasteiger partial charge < -0.3 is 14.4 Å². The van der Waals surface area contributed by atoms with E-state index in [1.54, 1.807) is 13.0 Å². The number of ether oxygens (including phenoxy) is 2. The summed E-state index contributed by atoms with van der Waals surface area (Å²) >= 11 is 0. The molecule has 0 saturated carbocycles. The SMILES string of the molecule is COC(=O)C(C)=CCN1CCOC1=O. The Kier molecular flexibility index (Phi) is 3.50. The van der Waals surface area contributed by atoms with Crippen LogP contribution in [0.1, 0.15) is 6.92 Å². The molecule has 0 N–H and O–H groups in total. The van der Waals surface area contributed by atoms with Crippen molar-refractivity contribution < 1.29 is 19.1 Å². The molecule has 0 bridgehead atoms. The fraction of sp³-hybridized carbons (Fsp3) is 0.556. The van der Waals surface area contributed by atoms with E-state index < -0.39 is 0 Å². The third-order valence-electron chi connectivity index (χ3n) is 1.97. The highest BCUT2D eigenvalue weighted by atomic mass is 16.6. The fourth-order valence-corrected chi connectivity index (χ4v) is 1.08. The van der Waals surface area contributed by atoms with Gasteiger partial charge in [0.15, 0.2) is 0 Å². The fourth-order valence-electron chi connectivity index (χ4n) is 1.08. The predicted octanol–water partition coefficient (Wildman–Crippen LogP) is 0.558. The van der Waals surface area contributed by atoms with Crippen LogP contribution in [0.3, 0.4) is 0 Å². The smallest absolute Gasteiger partial charge is 0.410 e. The largest absolute Gasteiger partial charge is 0.466 e. The Morgan fingerprint density at radius 3 is 2.93 bits per heavy atom. The zero-order valence-corrected chi connectivity index (χ0v) is 8.28. The summed E-state index contributed by atoms with van der Waals surface area (Å²) in [6.07, 6.45) is 1.32. The molecule has 1 saturated heterocycles. The lowest BCUT2D eigenvalue weighted by molar-refractivity contribution is -0.136. The minimum Gasteiger partial charge on any atom is -0.466 e. The van der Waals surface area contributed by atoms with Crippen LogP contribution in [-0.4, -0.2) is 43.8 Å². The summed E-state index contributed by atoms with van der Waals surface area (Å²) in [4.78, 5) is 23.5. The van der Waals surface area contributed by atoms with Crippen LogP contribution in [0.25, 0.3) is 0 Å². The number of hydrogen-bond acceptors (Lipinski definition) is 4. The van der Waals surface area contributed by atoms with E-state index in [9.17, 15) is 9.59 Å². The van der Waals surface area contributed by atoms with Crippen LogP contribution in [0.2, 0.25) is 0 Å². The molecule has 0 aromatic heterocycles. The second-order valence-corrected chi connectivity index (χ2v) is 2.94. The van der Waals surface area contributed by atoms with Gasteiger partial charge in [-0.15, -0.1) is 0 Å². The minimum atomic E-state index is -0.377. The van der Waals surface area contributed by atoms with E-state index in [0.717, 1.165) is 0 Å². The Labute approximate surface area is 82.3 Å². The Morgan fingerprint density at radius 1 is 1.71 bits per heavy atom. The summed E-state index contributed by atoms with van der Waals surface area (Å²) in [5.74, 6) is -0.377. The first kappa shape index (κ1) is 10.6. The molecule has 1 heterocycles. The van der Waals surface area contributed by atoms with E-state index in [0.29, 0.717) is 25.3 Å². The molecule has 0 radical (unpaired) electrons. The number of cyclic esters (lactones) is 1. The Bertz CT molecular complexity index is 272. The lowest BCUT2D eigenvalue weighted by Gasteiger charge is -2.09. The van der Waals surface area contributed by atoms with Gasteiger partial charge in [-0.1, -0.05) is 6.08 Å². The van der Waals surface area contributed by atoms with Crippen molar-refractivity contribution >= 4 is 12.1 Å². The second kappa shape index (κ2) is 4.64. The van der Waals surface area contributed by atoms with Crippen molar-refractivity contribution in [1.29, 1.82) is 0 Å². The van der Waals surface area contributed by atoms with Crippen LogP contribution in [0.4, 0.5) is 4.79 Å². The molecule has 0 aliphatic carbocycles. The predicted molar refractivity (Wildman–Crippen MR) is 48.7 cm³/mol. The van der Waals surface area contributed by atoms with Crippen molar-refractivity contribution in [3.63, 3.8) is 0 Å². The number of hydrogen-bond donors (Lipinski definition) is 0. The van der Waals surface area contributed by atoms with Crippen LogP contribution in [0, 0.1) is 0 Å². The molecule has 1 amide bonds. The van der Waals surface area contributed by atoms with Crippen molar-refractivity contribution in [2.45, 2.75) is 6.92 Å². The van der Waals surface area contributed by atoms with Crippen LogP contribution >= 0.6 is 0 Å². The minimum absolute atomic E-state index is 0.334. The number of carbonyl (C=O) groups is 2. The van der Waals surface area contributed by atoms with Gasteiger partial charge in [-0.3, -0.25) is 0 Å². The van der Waals surface area contributed by atoms with E-state index in [1.165, 1.54) is 12.0 Å². The average Bonchev–Trinajstić information content (AvgIpc) is 2.59. The maximum absolute atomic E-state index is 11.0. The molecule has 14 heavy (non-hydrogen) atoms. The number of esters is 1. The van der Waals surface area contributed by atoms with Gasteiger partial charge in [-0.05, 0) is 6.92 Å². The molecule has 78 valence electrons. The molecule has 0 aromatic rings. The zero-order valence-electron chi connectivity index (χ0n) is 8.28. The number of methoxy groups -OCH3 is 1. The van der Waals surface area contributed by atoms with Crippen LogP contribution in [0.15, 0.2) is 11.6 Å². The first-order valence-electron chi connectivity index (χ1n) is 4.32. The standard InChI is InChI=1S/C9H13NO4/c1-7(8(11)13-2)3-4-10-5-6-14-9(10)12/h3H,4-6H2,1-2H3. The van der Waals surface area contributed by atoms with E-state index in [2.05, 4.69) is 4.74 Å². The number of rotatable bonds is 3. The molecule has 5 nitrogen and oxygen atoms in total. The summed E-state index contributed by atoms with van der Waals surface area (Å²) in [5.41, 5.74) is 0.493. The van der Waals surface area contributed by atoms with Gasteiger partial charge in [0.1, 0.15) is 6.61 Å². The summed E-state index contributed by atoms with van der Waals surface area (Å²) in [6, 6.07) is 0. The first-order chi connectivity index (χ1) is 6.65. The molecule has 5 heteroatoms. The molecule has 1 fully saturated rings. The Balaban J connectivity index is 2.45. The van der Waals surface area contributed by atoms with Crippen molar-refractivity contribution in [2.75, 3.05) is 26.8 Å². The monoisotopic (exact) mass is 199 g/mol. The van der Waals surface area contributed by atoms with Crippen molar-refractivity contribution in [1.82, 2.24) is 4.90 Å². The number of carbonyl (C=O) groups excluding carboxylic acids is 2. The third kappa shape index (κ3) is 2.48. The highest BCUT2D eigenvalue weighted by molar-refractivity contribution is 5.87. The zero-order chi connectivity index (χ0) is 10.6. The van der Waals surface area contributed by atoms with E-state index in [1.807, 2.05) is 0 Å². The van der Waals surface area contributed by atoms with Crippen molar-refractivity contribution in [3.05, 3.63) is 11.6 Å². The average molecular weight is 199 g/mol. The quantitative estimate of drug-likeness (QED) is 0.492. The molecule has 1 aliphatic heterocycles. The molecule has 0 aromatic carbocycles. The molecule has 1 rings (SSSR count). The summed E-state index contributed by atoms with van der Waals surface area (Å²) < 4.78 is 9.24. The normalized spacial score (nSPS) is 16.9. The molecule has 0 unspecified atom stereocenters. The lowest BCUT2D eigenvalue weighted by atomic mass is 10.3. The highest BCUT2D eigenvalue weighted by Crippen LogP contribution is 2.04. The number of amides is 1. The van der Waals surface area contributed by atoms with Gasteiger partial charge in [0.05, 0.1) is 13.7 Å². The van der Waals surface area contributed by atoms with E-state index in [4.69, 9.17) is 4.74 Å². The van der Waals surface area contributed by atoms with Gasteiger partial charge in [-0.2, -0.15) is 0 Å². The summed E-state index contributed by atoms with van der Waals surface area (Å²) in [7, 11) is 1.32. The topological polar surface area (TPSA) is 55.8 Å². The Hall–Kier alpha value is -1.52. The van der Waals surface area contributed by atoms with Gasteiger partial charge >= 0.3 is 12.1 Å². The van der Waals surface area contributed by atoms with Crippen molar-refractivity contribution in [2.24, 2.45) is 0 Å². The molecule has 0 atom stereocenters. The maximum atomic E-state index is 11.0. The second-order valence-electron chi connectivity index (χ2n) is 2.94. The third-order valence-corrected chi connectivity index (χ3v) is 1.97. The van der Waals surface area contributed by atoms with E-state index >= 15 is 0 Å². The van der Waals surface area contributed by atoms with Gasteiger partial charge in [0.25, 0.3) is 0 Å². The van der Waals surface area contributed by atoms with Gasteiger partial charge in [0.2, 0.25) is 0 Å². The Morgan fingerprint density at radius 2 is 2.43 bits per heavy atom. The summed E-state index contributed by atoms with van der Waals surface area (Å²) in [6.45, 7) is 3.03. The van der Waals surface area contributed by atoms with E-state index in [-0.39, 0.29) is 12.1 Å². The van der Waals surface area contributed by atoms with Crippen LogP contribution in [0.5, 0.6) is 0 Å². The molecule has 0 spiro atoms. The summed E-state index contributed by atoms with van der Waals surface area (Å²) in [5, 5.41) is 0. The van der Waals surface area contributed by atoms with Crippen LogP contribution in [-0.2, 0) is 14.3 Å². The lowest BCUT2D eigenvalue weighted by Crippen LogP contribution is -2.24. The van der Waals surface area contributed by atoms with Gasteiger partial charge in [-0.25, -0.2) is 9.59 Å².